The van der Waals surface area contributed by atoms with Crippen molar-refractivity contribution in [2.75, 3.05) is 5.32 Å². The molecule has 7 nitrogen and oxygen atoms in total. The fraction of sp³-hybridized carbons (Fsp3) is 0.0952. The fourth-order valence-corrected chi connectivity index (χ4v) is 4.58. The number of pyridine rings is 1. The number of anilines is 1. The van der Waals surface area contributed by atoms with Crippen LogP contribution in [0.5, 0.6) is 0 Å². The summed E-state index contributed by atoms with van der Waals surface area (Å²) >= 11 is 0. The predicted molar refractivity (Wildman–Crippen MR) is 111 cm³/mol. The van der Waals surface area contributed by atoms with Crippen molar-refractivity contribution in [1.29, 1.82) is 0 Å². The molecule has 0 saturated carbocycles. The average molecular weight is 532 g/mol. The van der Waals surface area contributed by atoms with Crippen LogP contribution in [0.15, 0.2) is 65.8 Å². The minimum absolute atomic E-state index is 0.116. The number of rotatable bonds is 4. The van der Waals surface area contributed by atoms with E-state index in [-0.39, 0.29) is 15.8 Å². The largest absolute Gasteiger partial charge is 0.417 e. The molecule has 2 heterocycles. The van der Waals surface area contributed by atoms with E-state index in [9.17, 15) is 43.9 Å². The Bertz CT molecular complexity index is 1550. The van der Waals surface area contributed by atoms with Gasteiger partial charge in [-0.15, -0.1) is 0 Å². The first-order valence-electron chi connectivity index (χ1n) is 9.63. The van der Waals surface area contributed by atoms with E-state index >= 15 is 0 Å². The molecule has 15 heteroatoms. The second-order valence-corrected chi connectivity index (χ2v) is 9.02. The Balaban J connectivity index is 1.78. The van der Waals surface area contributed by atoms with Gasteiger partial charge in [0.25, 0.3) is 15.9 Å². The van der Waals surface area contributed by atoms with E-state index in [1.807, 2.05) is 5.32 Å². The van der Waals surface area contributed by atoms with Crippen molar-refractivity contribution in [2.24, 2.45) is 0 Å². The second kappa shape index (κ2) is 8.58. The maximum atomic E-state index is 13.4. The summed E-state index contributed by atoms with van der Waals surface area (Å²) in [5.74, 6) is -3.02. The van der Waals surface area contributed by atoms with Crippen molar-refractivity contribution in [3.63, 3.8) is 0 Å². The van der Waals surface area contributed by atoms with E-state index in [1.165, 1.54) is 0 Å². The third kappa shape index (κ3) is 4.60. The van der Waals surface area contributed by atoms with Crippen LogP contribution in [0.2, 0.25) is 0 Å². The molecule has 36 heavy (non-hydrogen) atoms. The Morgan fingerprint density at radius 1 is 0.889 bits per heavy atom. The molecule has 0 aliphatic carbocycles. The summed E-state index contributed by atoms with van der Waals surface area (Å²) < 4.78 is 120. The summed E-state index contributed by atoms with van der Waals surface area (Å²) in [6.07, 6.45) is -8.48. The standard InChI is InChI=1S/C21H11F7N4O3S/c22-12-4-6-13(7-5-12)36(34,35)32-16-8-17(29-9-11(16)10-30-32)31-19(33)18-14(20(23,24)25)2-1-3-15(18)21(26,27)28/h1-10H,(H,29,31,33). The van der Waals surface area contributed by atoms with Crippen LogP contribution in [0, 0.1) is 5.82 Å². The topological polar surface area (TPSA) is 93.9 Å². The van der Waals surface area contributed by atoms with E-state index in [1.54, 1.807) is 0 Å². The Kier molecular flexibility index (Phi) is 5.98. The van der Waals surface area contributed by atoms with Gasteiger partial charge < -0.3 is 5.32 Å². The molecule has 0 aliphatic heterocycles. The van der Waals surface area contributed by atoms with Crippen LogP contribution < -0.4 is 5.32 Å². The average Bonchev–Trinajstić information content (AvgIpc) is 3.22. The van der Waals surface area contributed by atoms with Gasteiger partial charge in [0.05, 0.1) is 33.3 Å². The molecule has 2 aromatic heterocycles. The molecule has 188 valence electrons. The highest BCUT2D eigenvalue weighted by Crippen LogP contribution is 2.39. The van der Waals surface area contributed by atoms with Gasteiger partial charge in [0.1, 0.15) is 11.6 Å². The minimum atomic E-state index is -5.28. The van der Waals surface area contributed by atoms with E-state index in [4.69, 9.17) is 0 Å². The number of halogens is 7. The molecule has 0 atom stereocenters. The molecule has 0 bridgehead atoms. The molecule has 0 aliphatic rings. The summed E-state index contributed by atoms with van der Waals surface area (Å²) in [4.78, 5) is 16.0. The highest BCUT2D eigenvalue weighted by molar-refractivity contribution is 7.90. The summed E-state index contributed by atoms with van der Waals surface area (Å²) in [5, 5.41) is 5.69. The number of carbonyl (C=O) groups is 1. The molecule has 1 amide bonds. The highest BCUT2D eigenvalue weighted by atomic mass is 32.2. The van der Waals surface area contributed by atoms with Gasteiger partial charge in [0.2, 0.25) is 0 Å². The summed E-state index contributed by atoms with van der Waals surface area (Å²) in [5.41, 5.74) is -5.52. The number of carbonyl (C=O) groups excluding carboxylic acids is 1. The lowest BCUT2D eigenvalue weighted by atomic mass is 9.99. The third-order valence-electron chi connectivity index (χ3n) is 4.90. The zero-order valence-electron chi connectivity index (χ0n) is 17.4. The van der Waals surface area contributed by atoms with Gasteiger partial charge in [0, 0.05) is 17.6 Å². The minimum Gasteiger partial charge on any atom is -0.306 e. The van der Waals surface area contributed by atoms with Crippen LogP contribution in [0.1, 0.15) is 21.5 Å². The van der Waals surface area contributed by atoms with E-state index in [0.29, 0.717) is 22.3 Å². The van der Waals surface area contributed by atoms with Gasteiger partial charge >= 0.3 is 12.4 Å². The van der Waals surface area contributed by atoms with Crippen molar-refractivity contribution in [3.8, 4) is 0 Å². The zero-order valence-corrected chi connectivity index (χ0v) is 18.2. The first-order valence-corrected chi connectivity index (χ1v) is 11.1. The van der Waals surface area contributed by atoms with Gasteiger partial charge in [-0.1, -0.05) is 6.07 Å². The molecule has 4 aromatic rings. The third-order valence-corrected chi connectivity index (χ3v) is 6.52. The van der Waals surface area contributed by atoms with Crippen LogP contribution in [0.4, 0.5) is 36.6 Å². The maximum Gasteiger partial charge on any atom is 0.417 e. The number of fused-ring (bicyclic) bond motifs is 1. The quantitative estimate of drug-likeness (QED) is 0.370. The second-order valence-electron chi connectivity index (χ2n) is 7.25. The molecule has 0 unspecified atom stereocenters. The number of aromatic nitrogens is 3. The monoisotopic (exact) mass is 532 g/mol. The van der Waals surface area contributed by atoms with Crippen molar-refractivity contribution < 1.29 is 43.9 Å². The molecule has 1 N–H and O–H groups in total. The van der Waals surface area contributed by atoms with E-state index < -0.39 is 56.6 Å². The zero-order chi connectivity index (χ0) is 26.5. The number of hydrogen-bond acceptors (Lipinski definition) is 5. The van der Waals surface area contributed by atoms with Crippen molar-refractivity contribution in [2.45, 2.75) is 17.2 Å². The summed E-state index contributed by atoms with van der Waals surface area (Å²) in [7, 11) is -4.39. The maximum absolute atomic E-state index is 13.4. The Morgan fingerprint density at radius 2 is 1.47 bits per heavy atom. The van der Waals surface area contributed by atoms with E-state index in [2.05, 4.69) is 10.1 Å². The lowest BCUT2D eigenvalue weighted by Crippen LogP contribution is -2.24. The van der Waals surface area contributed by atoms with Gasteiger partial charge in [-0.05, 0) is 36.4 Å². The lowest BCUT2D eigenvalue weighted by Gasteiger charge is -2.18. The van der Waals surface area contributed by atoms with Gasteiger partial charge in [-0.3, -0.25) is 4.79 Å². The predicted octanol–water partition coefficient (Wildman–Crippen LogP) is 5.10. The molecule has 0 spiro atoms. The number of amides is 1. The number of nitrogens with zero attached hydrogens (tertiary/aromatic N) is 3. The molecular formula is C21H11F7N4O3S. The smallest absolute Gasteiger partial charge is 0.306 e. The number of benzene rings is 2. The summed E-state index contributed by atoms with van der Waals surface area (Å²) in [6, 6.07) is 5.79. The van der Waals surface area contributed by atoms with Gasteiger partial charge in [0.15, 0.2) is 0 Å². The van der Waals surface area contributed by atoms with Crippen LogP contribution in [0.3, 0.4) is 0 Å². The van der Waals surface area contributed by atoms with Crippen LogP contribution in [-0.4, -0.2) is 28.5 Å². The van der Waals surface area contributed by atoms with Gasteiger partial charge in [-0.25, -0.2) is 9.37 Å². The fourth-order valence-electron chi connectivity index (χ4n) is 3.31. The van der Waals surface area contributed by atoms with Crippen LogP contribution in [0.25, 0.3) is 10.9 Å². The Morgan fingerprint density at radius 3 is 2.03 bits per heavy atom. The van der Waals surface area contributed by atoms with Crippen molar-refractivity contribution in [1.82, 2.24) is 14.2 Å². The Labute approximate surface area is 197 Å². The molecule has 4 rings (SSSR count). The van der Waals surface area contributed by atoms with Gasteiger partial charge in [-0.2, -0.15) is 43.9 Å². The molecule has 2 aromatic carbocycles. The molecular weight excluding hydrogens is 521 g/mol. The molecule has 0 fully saturated rings. The Hall–Kier alpha value is -4.01. The highest BCUT2D eigenvalue weighted by Gasteiger charge is 2.42. The van der Waals surface area contributed by atoms with Crippen LogP contribution >= 0.6 is 0 Å². The lowest BCUT2D eigenvalue weighted by molar-refractivity contribution is -0.143. The summed E-state index contributed by atoms with van der Waals surface area (Å²) in [6.45, 7) is 0. The SMILES string of the molecule is O=C(Nc1cc2c(cn1)cnn2S(=O)(=O)c1ccc(F)cc1)c1c(C(F)(F)F)cccc1C(F)(F)F. The first-order chi connectivity index (χ1) is 16.7. The number of nitrogens with one attached hydrogen (secondary N) is 1. The van der Waals surface area contributed by atoms with Crippen molar-refractivity contribution in [3.05, 3.63) is 83.4 Å². The molecule has 0 radical (unpaired) electrons. The normalized spacial score (nSPS) is 12.6. The van der Waals surface area contributed by atoms with E-state index in [0.717, 1.165) is 42.7 Å². The van der Waals surface area contributed by atoms with Crippen LogP contribution in [-0.2, 0) is 22.4 Å². The molecule has 0 saturated heterocycles. The number of hydrogen-bond donors (Lipinski definition) is 1. The number of alkyl halides is 6. The van der Waals surface area contributed by atoms with Crippen molar-refractivity contribution >= 4 is 32.7 Å². The first kappa shape index (κ1) is 25.1.